The number of hydrogen-bond donors (Lipinski definition) is 0. The molecule has 1 saturated carbocycles. The number of hydrogen-bond acceptors (Lipinski definition) is 2. The third kappa shape index (κ3) is 11.6. The first kappa shape index (κ1) is 20.9. The minimum absolute atomic E-state index is 0.0231. The van der Waals surface area contributed by atoms with Crippen LogP contribution in [-0.4, -0.2) is 12.6 Å². The van der Waals surface area contributed by atoms with E-state index in [2.05, 4.69) is 32.6 Å². The maximum atomic E-state index is 11.3. The van der Waals surface area contributed by atoms with E-state index in [1.807, 2.05) is 6.92 Å². The van der Waals surface area contributed by atoms with Gasteiger partial charge in [0.15, 0.2) is 0 Å². The average molecular weight is 309 g/mol. The largest absolute Gasteiger partial charge is 0.466 e. The molecule has 0 spiro atoms. The molecule has 1 aliphatic rings. The van der Waals surface area contributed by atoms with Gasteiger partial charge in [0.25, 0.3) is 0 Å². The summed E-state index contributed by atoms with van der Waals surface area (Å²) in [5.74, 6) is 0.112. The molecule has 0 aliphatic heterocycles. The topological polar surface area (TPSA) is 26.3 Å². The lowest BCUT2D eigenvalue weighted by atomic mass is 9.87. The van der Waals surface area contributed by atoms with Crippen LogP contribution in [0.5, 0.6) is 0 Å². The molecule has 2 nitrogen and oxygen atoms in total. The number of esters is 1. The Balaban J connectivity index is 0.000000409. The van der Waals surface area contributed by atoms with Crippen LogP contribution in [0, 0.1) is 5.92 Å². The Labute approximate surface area is 138 Å². The van der Waals surface area contributed by atoms with E-state index in [0.717, 1.165) is 25.7 Å². The predicted octanol–water partition coefficient (Wildman–Crippen LogP) is 6.22. The zero-order chi connectivity index (χ0) is 16.6. The highest BCUT2D eigenvalue weighted by Gasteiger charge is 2.23. The van der Waals surface area contributed by atoms with E-state index in [0.29, 0.717) is 6.61 Å². The smallest absolute Gasteiger partial charge is 0.308 e. The summed E-state index contributed by atoms with van der Waals surface area (Å²) in [6.45, 7) is 10.6. The molecule has 1 rings (SSSR count). The Hall–Kier alpha value is -1.05. The average Bonchev–Trinajstić information content (AvgIpc) is 2.52. The van der Waals surface area contributed by atoms with Gasteiger partial charge in [-0.3, -0.25) is 4.79 Å². The molecule has 1 fully saturated rings. The summed E-state index contributed by atoms with van der Waals surface area (Å²) in [7, 11) is 0. The van der Waals surface area contributed by atoms with Crippen molar-refractivity contribution in [3.05, 3.63) is 24.3 Å². The van der Waals surface area contributed by atoms with Crippen molar-refractivity contribution >= 4 is 5.97 Å². The highest BCUT2D eigenvalue weighted by Crippen LogP contribution is 2.27. The molecule has 0 aromatic rings. The van der Waals surface area contributed by atoms with E-state index in [-0.39, 0.29) is 11.9 Å². The first-order valence-electron chi connectivity index (χ1n) is 9.10. The molecule has 1 aliphatic carbocycles. The van der Waals surface area contributed by atoms with Crippen LogP contribution in [-0.2, 0) is 9.53 Å². The number of rotatable bonds is 8. The molecule has 0 amide bonds. The molecule has 0 aromatic heterocycles. The van der Waals surface area contributed by atoms with Gasteiger partial charge in [-0.25, -0.2) is 0 Å². The van der Waals surface area contributed by atoms with Gasteiger partial charge in [-0.2, -0.15) is 0 Å². The van der Waals surface area contributed by atoms with Crippen molar-refractivity contribution in [3.8, 4) is 0 Å². The molecule has 0 saturated heterocycles. The molecule has 22 heavy (non-hydrogen) atoms. The maximum absolute atomic E-state index is 11.3. The molecule has 0 heterocycles. The van der Waals surface area contributed by atoms with Crippen LogP contribution in [0.15, 0.2) is 24.3 Å². The second-order valence-electron chi connectivity index (χ2n) is 6.05. The maximum Gasteiger partial charge on any atom is 0.308 e. The summed E-state index contributed by atoms with van der Waals surface area (Å²) < 4.78 is 4.95. The van der Waals surface area contributed by atoms with Gasteiger partial charge in [-0.1, -0.05) is 56.9 Å². The Bertz CT molecular complexity index is 308. The third-order valence-corrected chi connectivity index (χ3v) is 4.02. The minimum Gasteiger partial charge on any atom is -0.466 e. The van der Waals surface area contributed by atoms with Crippen LogP contribution in [0.25, 0.3) is 0 Å². The lowest BCUT2D eigenvalue weighted by Gasteiger charge is -2.21. The van der Waals surface area contributed by atoms with Crippen molar-refractivity contribution in [2.45, 2.75) is 85.0 Å². The van der Waals surface area contributed by atoms with Crippen LogP contribution in [0.1, 0.15) is 85.0 Å². The Morgan fingerprint density at radius 3 is 2.36 bits per heavy atom. The number of unbranched alkanes of at least 4 members (excludes halogenated alkanes) is 5. The summed E-state index contributed by atoms with van der Waals surface area (Å²) in [4.78, 5) is 11.3. The Morgan fingerprint density at radius 1 is 1.18 bits per heavy atom. The van der Waals surface area contributed by atoms with Gasteiger partial charge in [-0.05, 0) is 52.4 Å². The summed E-state index contributed by atoms with van der Waals surface area (Å²) in [5, 5.41) is 0. The van der Waals surface area contributed by atoms with E-state index in [1.165, 1.54) is 44.1 Å². The number of carbonyl (C=O) groups excluding carboxylic acids is 1. The molecule has 0 bridgehead atoms. The van der Waals surface area contributed by atoms with Gasteiger partial charge < -0.3 is 4.74 Å². The molecule has 0 N–H and O–H groups in total. The highest BCUT2D eigenvalue weighted by molar-refractivity contribution is 5.72. The lowest BCUT2D eigenvalue weighted by Crippen LogP contribution is -2.20. The van der Waals surface area contributed by atoms with Gasteiger partial charge in [-0.15, -0.1) is 0 Å². The minimum atomic E-state index is -0.0231. The Kier molecular flexibility index (Phi) is 14.2. The summed E-state index contributed by atoms with van der Waals surface area (Å²) >= 11 is 0. The molecule has 0 aromatic carbocycles. The summed E-state index contributed by atoms with van der Waals surface area (Å²) in [6.07, 6.45) is 16.5. The zero-order valence-electron chi connectivity index (χ0n) is 15.0. The van der Waals surface area contributed by atoms with Crippen molar-refractivity contribution in [1.29, 1.82) is 0 Å². The molecule has 0 unspecified atom stereocenters. The second kappa shape index (κ2) is 14.9. The van der Waals surface area contributed by atoms with Gasteiger partial charge in [0.1, 0.15) is 0 Å². The van der Waals surface area contributed by atoms with Crippen LogP contribution in [0.2, 0.25) is 0 Å². The SMILES string of the molecule is C=C1CCC(C(=O)OCC)CC1.CC=CCCCCCCC. The molecule has 0 atom stereocenters. The summed E-state index contributed by atoms with van der Waals surface area (Å²) in [5.41, 5.74) is 1.27. The van der Waals surface area contributed by atoms with E-state index in [9.17, 15) is 4.79 Å². The third-order valence-electron chi connectivity index (χ3n) is 4.02. The van der Waals surface area contributed by atoms with Crippen LogP contribution in [0.4, 0.5) is 0 Å². The molecular weight excluding hydrogens is 272 g/mol. The first-order chi connectivity index (χ1) is 10.7. The fourth-order valence-electron chi connectivity index (χ4n) is 2.55. The van der Waals surface area contributed by atoms with Gasteiger partial charge >= 0.3 is 5.97 Å². The van der Waals surface area contributed by atoms with Gasteiger partial charge in [0.2, 0.25) is 0 Å². The number of ether oxygens (including phenoxy) is 1. The normalized spacial score (nSPS) is 15.5. The van der Waals surface area contributed by atoms with Crippen molar-refractivity contribution in [2.75, 3.05) is 6.61 Å². The highest BCUT2D eigenvalue weighted by atomic mass is 16.5. The second-order valence-corrected chi connectivity index (χ2v) is 6.05. The quantitative estimate of drug-likeness (QED) is 0.302. The molecule has 2 heteroatoms. The first-order valence-corrected chi connectivity index (χ1v) is 9.10. The zero-order valence-corrected chi connectivity index (χ0v) is 15.0. The lowest BCUT2D eigenvalue weighted by molar-refractivity contribution is -0.148. The predicted molar refractivity (Wildman–Crippen MR) is 95.9 cm³/mol. The van der Waals surface area contributed by atoms with Crippen LogP contribution < -0.4 is 0 Å². The summed E-state index contributed by atoms with van der Waals surface area (Å²) in [6, 6.07) is 0. The van der Waals surface area contributed by atoms with E-state index in [4.69, 9.17) is 4.74 Å². The standard InChI is InChI=1S/C10H16O2.C10H20/c1-3-12-10(11)9-6-4-8(2)5-7-9;1-3-5-7-9-10-8-6-4-2/h9H,2-7H2,1H3;3,5H,4,6-10H2,1-2H3. The molecular formula is C20H36O2. The van der Waals surface area contributed by atoms with Gasteiger partial charge in [0.05, 0.1) is 12.5 Å². The number of allylic oxidation sites excluding steroid dienone is 3. The van der Waals surface area contributed by atoms with E-state index >= 15 is 0 Å². The van der Waals surface area contributed by atoms with Crippen molar-refractivity contribution in [3.63, 3.8) is 0 Å². The molecule has 0 radical (unpaired) electrons. The van der Waals surface area contributed by atoms with E-state index in [1.54, 1.807) is 0 Å². The molecule has 128 valence electrons. The monoisotopic (exact) mass is 308 g/mol. The van der Waals surface area contributed by atoms with Crippen molar-refractivity contribution in [2.24, 2.45) is 5.92 Å². The fraction of sp³-hybridized carbons (Fsp3) is 0.750. The van der Waals surface area contributed by atoms with Crippen LogP contribution in [0.3, 0.4) is 0 Å². The van der Waals surface area contributed by atoms with Crippen molar-refractivity contribution in [1.82, 2.24) is 0 Å². The fourth-order valence-corrected chi connectivity index (χ4v) is 2.55. The van der Waals surface area contributed by atoms with Crippen molar-refractivity contribution < 1.29 is 9.53 Å². The Morgan fingerprint density at radius 2 is 1.82 bits per heavy atom. The van der Waals surface area contributed by atoms with E-state index < -0.39 is 0 Å². The number of carbonyl (C=O) groups is 1. The van der Waals surface area contributed by atoms with Crippen LogP contribution >= 0.6 is 0 Å². The van der Waals surface area contributed by atoms with Gasteiger partial charge in [0, 0.05) is 0 Å².